The zero-order chi connectivity index (χ0) is 10.9. The Balaban J connectivity index is 2.02. The first kappa shape index (κ1) is 10.9. The highest BCUT2D eigenvalue weighted by Crippen LogP contribution is 2.30. The Labute approximate surface area is 103 Å². The van der Waals surface area contributed by atoms with E-state index in [4.69, 9.17) is 5.73 Å². The molecule has 0 spiro atoms. The molecular formula is C11H13IN2O. The third kappa shape index (κ3) is 2.31. The Morgan fingerprint density at radius 2 is 1.93 bits per heavy atom. The maximum atomic E-state index is 11.8. The van der Waals surface area contributed by atoms with Crippen LogP contribution in [0.1, 0.15) is 19.3 Å². The topological polar surface area (TPSA) is 55.1 Å². The number of carbonyl (C=O) groups is 1. The maximum absolute atomic E-state index is 11.8. The largest absolute Gasteiger partial charge is 0.324 e. The maximum Gasteiger partial charge on any atom is 0.244 e. The predicted molar refractivity (Wildman–Crippen MR) is 68.6 cm³/mol. The average Bonchev–Trinajstić information content (AvgIpc) is 2.18. The van der Waals surface area contributed by atoms with Gasteiger partial charge in [-0.25, -0.2) is 0 Å². The number of nitrogens with two attached hydrogens (primary N) is 1. The molecule has 3 nitrogen and oxygen atoms in total. The average molecular weight is 316 g/mol. The summed E-state index contributed by atoms with van der Waals surface area (Å²) in [5, 5.41) is 2.84. The van der Waals surface area contributed by atoms with E-state index in [1.54, 1.807) is 0 Å². The van der Waals surface area contributed by atoms with Gasteiger partial charge in [0.05, 0.1) is 5.54 Å². The number of carbonyl (C=O) groups excluding carboxylic acids is 1. The van der Waals surface area contributed by atoms with Crippen LogP contribution in [0.4, 0.5) is 5.69 Å². The second-order valence-electron chi connectivity index (χ2n) is 3.97. The molecular weight excluding hydrogens is 303 g/mol. The highest BCUT2D eigenvalue weighted by atomic mass is 127. The number of rotatable bonds is 2. The number of nitrogens with one attached hydrogen (secondary N) is 1. The fraction of sp³-hybridized carbons (Fsp3) is 0.364. The van der Waals surface area contributed by atoms with Crippen molar-refractivity contribution in [3.05, 3.63) is 27.8 Å². The van der Waals surface area contributed by atoms with Crippen LogP contribution >= 0.6 is 22.6 Å². The minimum absolute atomic E-state index is 0.0602. The second-order valence-corrected chi connectivity index (χ2v) is 5.22. The van der Waals surface area contributed by atoms with Crippen LogP contribution in [0.25, 0.3) is 0 Å². The van der Waals surface area contributed by atoms with E-state index in [1.165, 1.54) is 0 Å². The molecule has 0 unspecified atom stereocenters. The lowest BCUT2D eigenvalue weighted by Crippen LogP contribution is -2.56. The van der Waals surface area contributed by atoms with Gasteiger partial charge in [-0.1, -0.05) is 0 Å². The summed E-state index contributed by atoms with van der Waals surface area (Å²) in [5.74, 6) is -0.0602. The Morgan fingerprint density at radius 3 is 2.40 bits per heavy atom. The van der Waals surface area contributed by atoms with Crippen molar-refractivity contribution in [2.45, 2.75) is 24.8 Å². The summed E-state index contributed by atoms with van der Waals surface area (Å²) >= 11 is 2.23. The summed E-state index contributed by atoms with van der Waals surface area (Å²) in [6.45, 7) is 0. The molecule has 1 fully saturated rings. The smallest absolute Gasteiger partial charge is 0.244 e. The molecule has 0 bridgehead atoms. The van der Waals surface area contributed by atoms with Crippen molar-refractivity contribution < 1.29 is 4.79 Å². The Morgan fingerprint density at radius 1 is 1.33 bits per heavy atom. The van der Waals surface area contributed by atoms with Crippen molar-refractivity contribution >= 4 is 34.2 Å². The number of halogens is 1. The highest BCUT2D eigenvalue weighted by Gasteiger charge is 2.39. The van der Waals surface area contributed by atoms with Crippen molar-refractivity contribution in [1.29, 1.82) is 0 Å². The lowest BCUT2D eigenvalue weighted by molar-refractivity contribution is -0.123. The van der Waals surface area contributed by atoms with E-state index in [0.29, 0.717) is 0 Å². The summed E-state index contributed by atoms with van der Waals surface area (Å²) in [6.07, 6.45) is 2.64. The van der Waals surface area contributed by atoms with Gasteiger partial charge in [-0.05, 0) is 66.1 Å². The van der Waals surface area contributed by atoms with Crippen LogP contribution in [-0.2, 0) is 4.79 Å². The molecule has 0 heterocycles. The summed E-state index contributed by atoms with van der Waals surface area (Å²) < 4.78 is 1.15. The zero-order valence-corrected chi connectivity index (χ0v) is 10.5. The first-order valence-corrected chi connectivity index (χ1v) is 6.04. The van der Waals surface area contributed by atoms with Crippen molar-refractivity contribution in [2.24, 2.45) is 5.73 Å². The molecule has 1 saturated carbocycles. The molecule has 0 radical (unpaired) electrons. The minimum Gasteiger partial charge on any atom is -0.324 e. The van der Waals surface area contributed by atoms with Gasteiger partial charge in [-0.3, -0.25) is 4.79 Å². The summed E-state index contributed by atoms with van der Waals surface area (Å²) in [5.41, 5.74) is 6.11. The molecule has 1 aromatic carbocycles. The van der Waals surface area contributed by atoms with Crippen molar-refractivity contribution in [3.63, 3.8) is 0 Å². The van der Waals surface area contributed by atoms with E-state index >= 15 is 0 Å². The zero-order valence-electron chi connectivity index (χ0n) is 8.29. The SMILES string of the molecule is NC1(C(=O)Nc2ccc(I)cc2)CCC1. The molecule has 4 heteroatoms. The lowest BCUT2D eigenvalue weighted by atomic mass is 9.77. The number of hydrogen-bond donors (Lipinski definition) is 2. The summed E-state index contributed by atoms with van der Waals surface area (Å²) in [7, 11) is 0. The number of anilines is 1. The van der Waals surface area contributed by atoms with Gasteiger partial charge in [-0.15, -0.1) is 0 Å². The van der Waals surface area contributed by atoms with Crippen LogP contribution in [0.3, 0.4) is 0 Å². The standard InChI is InChI=1S/C11H13IN2O/c12-8-2-4-9(5-3-8)14-10(15)11(13)6-1-7-11/h2-5H,1,6-7,13H2,(H,14,15). The first-order chi connectivity index (χ1) is 7.10. The molecule has 15 heavy (non-hydrogen) atoms. The fourth-order valence-electron chi connectivity index (χ4n) is 1.57. The molecule has 1 aliphatic rings. The van der Waals surface area contributed by atoms with Crippen molar-refractivity contribution in [1.82, 2.24) is 0 Å². The Bertz CT molecular complexity index is 371. The van der Waals surface area contributed by atoms with Crippen LogP contribution in [0.5, 0.6) is 0 Å². The van der Waals surface area contributed by atoms with Gasteiger partial charge in [0.15, 0.2) is 0 Å². The number of benzene rings is 1. The summed E-state index contributed by atoms with van der Waals surface area (Å²) in [4.78, 5) is 11.8. The predicted octanol–water partition coefficient (Wildman–Crippen LogP) is 2.11. The van der Waals surface area contributed by atoms with E-state index in [-0.39, 0.29) is 5.91 Å². The third-order valence-corrected chi connectivity index (χ3v) is 3.52. The minimum atomic E-state index is -0.622. The number of hydrogen-bond acceptors (Lipinski definition) is 2. The molecule has 3 N–H and O–H groups in total. The van der Waals surface area contributed by atoms with Crippen LogP contribution in [0.2, 0.25) is 0 Å². The van der Waals surface area contributed by atoms with E-state index in [1.807, 2.05) is 24.3 Å². The normalized spacial score (nSPS) is 18.0. The van der Waals surface area contributed by atoms with Crippen LogP contribution < -0.4 is 11.1 Å². The van der Waals surface area contributed by atoms with E-state index in [9.17, 15) is 4.79 Å². The van der Waals surface area contributed by atoms with Gasteiger partial charge in [0, 0.05) is 9.26 Å². The van der Waals surface area contributed by atoms with Gasteiger partial charge < -0.3 is 11.1 Å². The van der Waals surface area contributed by atoms with Gasteiger partial charge >= 0.3 is 0 Å². The highest BCUT2D eigenvalue weighted by molar-refractivity contribution is 14.1. The Kier molecular flexibility index (Phi) is 2.97. The van der Waals surface area contributed by atoms with Gasteiger partial charge in [0.1, 0.15) is 0 Å². The molecule has 0 aromatic heterocycles. The molecule has 2 rings (SSSR count). The monoisotopic (exact) mass is 316 g/mol. The molecule has 80 valence electrons. The van der Waals surface area contributed by atoms with E-state index < -0.39 is 5.54 Å². The lowest BCUT2D eigenvalue weighted by Gasteiger charge is -2.36. The number of amides is 1. The van der Waals surface area contributed by atoms with Crippen molar-refractivity contribution in [2.75, 3.05) is 5.32 Å². The molecule has 0 atom stereocenters. The van der Waals surface area contributed by atoms with Gasteiger partial charge in [-0.2, -0.15) is 0 Å². The molecule has 1 aromatic rings. The molecule has 1 aliphatic carbocycles. The molecule has 0 saturated heterocycles. The Hall–Kier alpha value is -0.620. The molecule has 1 amide bonds. The van der Waals surface area contributed by atoms with Crippen LogP contribution in [-0.4, -0.2) is 11.4 Å². The van der Waals surface area contributed by atoms with Crippen molar-refractivity contribution in [3.8, 4) is 0 Å². The van der Waals surface area contributed by atoms with Gasteiger partial charge in [0.2, 0.25) is 5.91 Å². The second kappa shape index (κ2) is 4.09. The quantitative estimate of drug-likeness (QED) is 0.821. The van der Waals surface area contributed by atoms with E-state index in [2.05, 4.69) is 27.9 Å². The van der Waals surface area contributed by atoms with Gasteiger partial charge in [0.25, 0.3) is 0 Å². The molecule has 0 aliphatic heterocycles. The van der Waals surface area contributed by atoms with Crippen LogP contribution in [0, 0.1) is 3.57 Å². The van der Waals surface area contributed by atoms with E-state index in [0.717, 1.165) is 28.5 Å². The third-order valence-electron chi connectivity index (χ3n) is 2.80. The van der Waals surface area contributed by atoms with Crippen LogP contribution in [0.15, 0.2) is 24.3 Å². The first-order valence-electron chi connectivity index (χ1n) is 4.96. The summed E-state index contributed by atoms with van der Waals surface area (Å²) in [6, 6.07) is 7.70. The fourth-order valence-corrected chi connectivity index (χ4v) is 1.93.